The molecular weight excluding hydrogens is 420 g/mol. The summed E-state index contributed by atoms with van der Waals surface area (Å²) in [6, 6.07) is 15.4. The van der Waals surface area contributed by atoms with Crippen molar-refractivity contribution in [2.75, 3.05) is 19.0 Å². The van der Waals surface area contributed by atoms with Crippen LogP contribution in [0.25, 0.3) is 0 Å². The van der Waals surface area contributed by atoms with Crippen molar-refractivity contribution >= 4 is 35.2 Å². The van der Waals surface area contributed by atoms with E-state index in [1.807, 2.05) is 62.4 Å². The van der Waals surface area contributed by atoms with Gasteiger partial charge in [-0.2, -0.15) is 5.10 Å². The number of amides is 1. The lowest BCUT2D eigenvalue weighted by molar-refractivity contribution is -0.118. The SMILES string of the molecule is Cc1cccc(OCCOc2cccc(/C=N\NC(=O)CSc3nnc(C)s3)c2)c1. The molecule has 0 aliphatic rings. The number of carbonyl (C=O) groups excluding carboxylic acids is 1. The van der Waals surface area contributed by atoms with Crippen molar-refractivity contribution in [1.29, 1.82) is 0 Å². The monoisotopic (exact) mass is 442 g/mol. The van der Waals surface area contributed by atoms with Crippen molar-refractivity contribution in [1.82, 2.24) is 15.6 Å². The van der Waals surface area contributed by atoms with Crippen LogP contribution in [0.3, 0.4) is 0 Å². The number of nitrogens with one attached hydrogen (secondary N) is 1. The molecule has 0 saturated heterocycles. The second kappa shape index (κ2) is 11.3. The summed E-state index contributed by atoms with van der Waals surface area (Å²) in [6.45, 7) is 4.77. The van der Waals surface area contributed by atoms with Gasteiger partial charge in [0.25, 0.3) is 5.91 Å². The van der Waals surface area contributed by atoms with Crippen LogP contribution < -0.4 is 14.9 Å². The number of hydrogen-bond acceptors (Lipinski definition) is 8. The molecule has 0 bridgehead atoms. The number of thioether (sulfide) groups is 1. The van der Waals surface area contributed by atoms with Crippen molar-refractivity contribution in [2.24, 2.45) is 5.10 Å². The van der Waals surface area contributed by atoms with E-state index in [-0.39, 0.29) is 11.7 Å². The van der Waals surface area contributed by atoms with E-state index in [9.17, 15) is 4.79 Å². The standard InChI is InChI=1S/C21H22N4O3S2/c1-15-5-3-7-18(11-15)27-9-10-28-19-8-4-6-17(12-19)13-22-24-20(26)14-29-21-25-23-16(2)30-21/h3-8,11-13H,9-10,14H2,1-2H3,(H,24,26)/b22-13-. The van der Waals surface area contributed by atoms with Crippen LogP contribution in [0, 0.1) is 13.8 Å². The molecule has 0 unspecified atom stereocenters. The van der Waals surface area contributed by atoms with Gasteiger partial charge in [0.1, 0.15) is 29.7 Å². The van der Waals surface area contributed by atoms with Gasteiger partial charge in [-0.05, 0) is 49.2 Å². The first-order chi connectivity index (χ1) is 14.6. The first-order valence-corrected chi connectivity index (χ1v) is 11.1. The van der Waals surface area contributed by atoms with Crippen molar-refractivity contribution in [2.45, 2.75) is 18.2 Å². The fourth-order valence-electron chi connectivity index (χ4n) is 2.38. The molecule has 1 amide bonds. The summed E-state index contributed by atoms with van der Waals surface area (Å²) in [5, 5.41) is 12.8. The van der Waals surface area contributed by atoms with Crippen molar-refractivity contribution < 1.29 is 14.3 Å². The molecule has 30 heavy (non-hydrogen) atoms. The Labute approximate surface area is 183 Å². The second-order valence-electron chi connectivity index (χ2n) is 6.25. The fraction of sp³-hybridized carbons (Fsp3) is 0.238. The Bertz CT molecular complexity index is 1010. The van der Waals surface area contributed by atoms with Gasteiger partial charge < -0.3 is 9.47 Å². The Morgan fingerprint density at radius 2 is 1.83 bits per heavy atom. The van der Waals surface area contributed by atoms with Gasteiger partial charge in [0.15, 0.2) is 4.34 Å². The molecule has 0 fully saturated rings. The highest BCUT2D eigenvalue weighted by molar-refractivity contribution is 8.01. The number of aromatic nitrogens is 2. The van der Waals surface area contributed by atoms with Gasteiger partial charge in [0, 0.05) is 0 Å². The van der Waals surface area contributed by atoms with E-state index in [1.165, 1.54) is 23.1 Å². The summed E-state index contributed by atoms with van der Waals surface area (Å²) >= 11 is 2.79. The zero-order chi connectivity index (χ0) is 21.2. The quantitative estimate of drug-likeness (QED) is 0.222. The minimum Gasteiger partial charge on any atom is -0.490 e. The molecular formula is C21H22N4O3S2. The number of hydrazone groups is 1. The Hall–Kier alpha value is -2.91. The zero-order valence-electron chi connectivity index (χ0n) is 16.7. The van der Waals surface area contributed by atoms with Gasteiger partial charge >= 0.3 is 0 Å². The number of rotatable bonds is 10. The summed E-state index contributed by atoms with van der Waals surface area (Å²) in [4.78, 5) is 11.9. The van der Waals surface area contributed by atoms with Crippen LogP contribution in [-0.2, 0) is 4.79 Å². The van der Waals surface area contributed by atoms with Crippen LogP contribution in [0.15, 0.2) is 58.0 Å². The van der Waals surface area contributed by atoms with E-state index >= 15 is 0 Å². The number of ether oxygens (including phenoxy) is 2. The molecule has 1 heterocycles. The van der Waals surface area contributed by atoms with Gasteiger partial charge in [0.2, 0.25) is 0 Å². The van der Waals surface area contributed by atoms with Crippen molar-refractivity contribution in [3.05, 3.63) is 64.7 Å². The first-order valence-electron chi connectivity index (χ1n) is 9.25. The molecule has 156 valence electrons. The predicted molar refractivity (Wildman–Crippen MR) is 120 cm³/mol. The molecule has 2 aromatic carbocycles. The molecule has 3 rings (SSSR count). The molecule has 0 aliphatic heterocycles. The maximum absolute atomic E-state index is 11.9. The average molecular weight is 443 g/mol. The molecule has 0 spiro atoms. The second-order valence-corrected chi connectivity index (χ2v) is 8.66. The van der Waals surface area contributed by atoms with E-state index in [2.05, 4.69) is 20.7 Å². The fourth-order valence-corrected chi connectivity index (χ4v) is 3.99. The number of benzene rings is 2. The third-order valence-electron chi connectivity index (χ3n) is 3.71. The highest BCUT2D eigenvalue weighted by atomic mass is 32.2. The van der Waals surface area contributed by atoms with Crippen LogP contribution >= 0.6 is 23.1 Å². The minimum atomic E-state index is -0.204. The van der Waals surface area contributed by atoms with Gasteiger partial charge in [0.05, 0.1) is 12.0 Å². The van der Waals surface area contributed by atoms with E-state index in [1.54, 1.807) is 6.21 Å². The summed E-state index contributed by atoms with van der Waals surface area (Å²) in [5.41, 5.74) is 4.48. The lowest BCUT2D eigenvalue weighted by Crippen LogP contribution is -2.19. The largest absolute Gasteiger partial charge is 0.490 e. The van der Waals surface area contributed by atoms with Crippen LogP contribution in [0.4, 0.5) is 0 Å². The topological polar surface area (TPSA) is 85.7 Å². The van der Waals surface area contributed by atoms with E-state index in [0.717, 1.165) is 26.2 Å². The van der Waals surface area contributed by atoms with E-state index in [4.69, 9.17) is 9.47 Å². The normalized spacial score (nSPS) is 10.9. The van der Waals surface area contributed by atoms with Crippen LogP contribution in [0.5, 0.6) is 11.5 Å². The van der Waals surface area contributed by atoms with Crippen LogP contribution in [0.1, 0.15) is 16.1 Å². The van der Waals surface area contributed by atoms with Crippen molar-refractivity contribution in [3.8, 4) is 11.5 Å². The van der Waals surface area contributed by atoms with Crippen LogP contribution in [-0.4, -0.2) is 41.3 Å². The third-order valence-corrected chi connectivity index (χ3v) is 5.68. The lowest BCUT2D eigenvalue weighted by atomic mass is 10.2. The van der Waals surface area contributed by atoms with E-state index < -0.39 is 0 Å². The van der Waals surface area contributed by atoms with Crippen molar-refractivity contribution in [3.63, 3.8) is 0 Å². The highest BCUT2D eigenvalue weighted by Crippen LogP contribution is 2.21. The molecule has 0 aliphatic carbocycles. The molecule has 0 atom stereocenters. The molecule has 0 saturated carbocycles. The Balaban J connectivity index is 1.39. The molecule has 3 aromatic rings. The molecule has 9 heteroatoms. The number of aryl methyl sites for hydroxylation is 2. The summed E-state index contributed by atoms with van der Waals surface area (Å²) in [6.07, 6.45) is 1.58. The Morgan fingerprint density at radius 1 is 1.10 bits per heavy atom. The Morgan fingerprint density at radius 3 is 2.53 bits per heavy atom. The summed E-state index contributed by atoms with van der Waals surface area (Å²) < 4.78 is 12.2. The lowest BCUT2D eigenvalue weighted by Gasteiger charge is -2.09. The number of hydrogen-bond donors (Lipinski definition) is 1. The van der Waals surface area contributed by atoms with Gasteiger partial charge in [-0.3, -0.25) is 4.79 Å². The number of nitrogens with zero attached hydrogens (tertiary/aromatic N) is 3. The van der Waals surface area contributed by atoms with Gasteiger partial charge in [-0.15, -0.1) is 10.2 Å². The predicted octanol–water partition coefficient (Wildman–Crippen LogP) is 3.86. The third kappa shape index (κ3) is 7.49. The number of carbonyl (C=O) groups is 1. The highest BCUT2D eigenvalue weighted by Gasteiger charge is 2.05. The minimum absolute atomic E-state index is 0.204. The summed E-state index contributed by atoms with van der Waals surface area (Å²) in [7, 11) is 0. The Kier molecular flexibility index (Phi) is 8.22. The van der Waals surface area contributed by atoms with Gasteiger partial charge in [-0.25, -0.2) is 5.43 Å². The maximum atomic E-state index is 11.9. The zero-order valence-corrected chi connectivity index (χ0v) is 18.3. The molecule has 1 aromatic heterocycles. The maximum Gasteiger partial charge on any atom is 0.250 e. The summed E-state index contributed by atoms with van der Waals surface area (Å²) in [5.74, 6) is 1.57. The molecule has 1 N–H and O–H groups in total. The van der Waals surface area contributed by atoms with E-state index in [0.29, 0.717) is 19.0 Å². The first kappa shape index (κ1) is 21.8. The average Bonchev–Trinajstić information content (AvgIpc) is 3.15. The molecule has 7 nitrogen and oxygen atoms in total. The smallest absolute Gasteiger partial charge is 0.250 e. The molecule has 0 radical (unpaired) electrons. The van der Waals surface area contributed by atoms with Gasteiger partial charge in [-0.1, -0.05) is 47.4 Å². The van der Waals surface area contributed by atoms with Crippen LogP contribution in [0.2, 0.25) is 0 Å².